The van der Waals surface area contributed by atoms with Crippen LogP contribution in [0.1, 0.15) is 11.1 Å². The second-order valence-electron chi connectivity index (χ2n) is 6.65. The largest absolute Gasteiger partial charge is 0.480 e. The topological polar surface area (TPSA) is 74.6 Å². The van der Waals surface area contributed by atoms with Crippen molar-refractivity contribution in [1.29, 1.82) is 0 Å². The van der Waals surface area contributed by atoms with E-state index in [-0.39, 0.29) is 36.2 Å². The second kappa shape index (κ2) is 9.27. The highest BCUT2D eigenvalue weighted by molar-refractivity contribution is 6.55. The first-order chi connectivity index (χ1) is 14.6. The van der Waals surface area contributed by atoms with Crippen LogP contribution in [0.15, 0.2) is 54.6 Å². The zero-order chi connectivity index (χ0) is 22.9. The van der Waals surface area contributed by atoms with Crippen molar-refractivity contribution in [2.45, 2.75) is 11.8 Å². The zero-order valence-corrected chi connectivity index (χ0v) is 19.3. The number of rotatable bonds is 6. The molecule has 9 heteroatoms. The average Bonchev–Trinajstić information content (AvgIpc) is 2.77. The number of hydrogen-bond acceptors (Lipinski definition) is 2. The van der Waals surface area contributed by atoms with Gasteiger partial charge in [0.2, 0.25) is 0 Å². The third-order valence-corrected chi connectivity index (χ3v) is 7.30. The van der Waals surface area contributed by atoms with E-state index in [0.29, 0.717) is 11.1 Å². The van der Waals surface area contributed by atoms with Gasteiger partial charge in [-0.05, 0) is 22.3 Å². The lowest BCUT2D eigenvalue weighted by molar-refractivity contribution is -0.157. The Labute approximate surface area is 202 Å². The molecule has 0 radical (unpaired) electrons. The summed E-state index contributed by atoms with van der Waals surface area (Å²) in [5.74, 6) is -3.20. The molecule has 160 valence electrons. The first kappa shape index (κ1) is 23.7. The van der Waals surface area contributed by atoms with Gasteiger partial charge < -0.3 is 10.2 Å². The average molecular weight is 519 g/mol. The fourth-order valence-electron chi connectivity index (χ4n) is 3.36. The van der Waals surface area contributed by atoms with Crippen molar-refractivity contribution in [2.24, 2.45) is 0 Å². The van der Waals surface area contributed by atoms with Crippen LogP contribution in [0.5, 0.6) is 0 Å². The van der Waals surface area contributed by atoms with Crippen LogP contribution >= 0.6 is 58.0 Å². The highest BCUT2D eigenvalue weighted by Crippen LogP contribution is 2.47. The lowest BCUT2D eigenvalue weighted by Crippen LogP contribution is -2.46. The number of aliphatic carboxylic acids is 2. The summed E-state index contributed by atoms with van der Waals surface area (Å²) in [6, 6.07) is 15.2. The first-order valence-electron chi connectivity index (χ1n) is 8.75. The minimum atomic E-state index is -2.44. The number of benzene rings is 3. The molecule has 2 N–H and O–H groups in total. The first-order valence-corrected chi connectivity index (χ1v) is 10.6. The molecule has 0 amide bonds. The lowest BCUT2D eigenvalue weighted by atomic mass is 9.72. The number of carboxylic acids is 2. The molecule has 0 aliphatic carbocycles. The van der Waals surface area contributed by atoms with Crippen molar-refractivity contribution < 1.29 is 19.8 Å². The molecule has 0 aliphatic rings. The molecule has 0 heterocycles. The van der Waals surface area contributed by atoms with Crippen molar-refractivity contribution in [3.8, 4) is 11.1 Å². The maximum Gasteiger partial charge on any atom is 0.326 e. The molecular weight excluding hydrogens is 506 g/mol. The normalized spacial score (nSPS) is 11.4. The van der Waals surface area contributed by atoms with Gasteiger partial charge in [0.05, 0.1) is 25.1 Å². The van der Waals surface area contributed by atoms with Crippen molar-refractivity contribution in [1.82, 2.24) is 0 Å². The number of hydrogen-bond donors (Lipinski definition) is 2. The highest BCUT2D eigenvalue weighted by atomic mass is 35.5. The molecule has 0 atom stereocenters. The summed E-state index contributed by atoms with van der Waals surface area (Å²) in [4.78, 5) is 25.1. The molecule has 0 unspecified atom stereocenters. The van der Waals surface area contributed by atoms with Crippen LogP contribution in [0.4, 0.5) is 0 Å². The fraction of sp³-hybridized carbons (Fsp3) is 0.0909. The molecule has 0 fully saturated rings. The molecule has 3 aromatic carbocycles. The molecular formula is C22H13Cl5O4. The van der Waals surface area contributed by atoms with E-state index in [1.165, 1.54) is 6.07 Å². The van der Waals surface area contributed by atoms with Crippen LogP contribution in [0.2, 0.25) is 25.1 Å². The van der Waals surface area contributed by atoms with Crippen LogP contribution in [0.25, 0.3) is 11.1 Å². The van der Waals surface area contributed by atoms with Gasteiger partial charge in [0.1, 0.15) is 0 Å². The van der Waals surface area contributed by atoms with Gasteiger partial charge >= 0.3 is 11.9 Å². The Kier molecular flexibility index (Phi) is 7.09. The Morgan fingerprint density at radius 1 is 0.677 bits per heavy atom. The van der Waals surface area contributed by atoms with E-state index in [2.05, 4.69) is 0 Å². The number of carboxylic acid groups (broad SMARTS) is 2. The predicted molar refractivity (Wildman–Crippen MR) is 124 cm³/mol. The summed E-state index contributed by atoms with van der Waals surface area (Å²) in [6.45, 7) is 0. The third kappa shape index (κ3) is 4.11. The van der Waals surface area contributed by atoms with Crippen molar-refractivity contribution in [3.05, 3.63) is 90.8 Å². The lowest BCUT2D eigenvalue weighted by Gasteiger charge is -2.29. The SMILES string of the molecule is O=C(O)C(Cc1c(Cl)c(Cl)c(Cl)c(Cl)c1Cl)(C(=O)O)c1ccccc1-c1ccccc1. The van der Waals surface area contributed by atoms with E-state index in [4.69, 9.17) is 58.0 Å². The van der Waals surface area contributed by atoms with Crippen LogP contribution in [-0.2, 0) is 21.4 Å². The maximum atomic E-state index is 12.6. The van der Waals surface area contributed by atoms with Crippen molar-refractivity contribution >= 4 is 69.9 Å². The van der Waals surface area contributed by atoms with Gasteiger partial charge in [0.15, 0.2) is 5.41 Å². The fourth-order valence-corrected chi connectivity index (χ4v) is 4.67. The Balaban J connectivity index is 2.34. The van der Waals surface area contributed by atoms with E-state index in [1.807, 2.05) is 0 Å². The molecule has 4 nitrogen and oxygen atoms in total. The zero-order valence-electron chi connectivity index (χ0n) is 15.5. The summed E-state index contributed by atoms with van der Waals surface area (Å²) in [7, 11) is 0. The maximum absolute atomic E-state index is 12.6. The summed E-state index contributed by atoms with van der Waals surface area (Å²) in [5, 5.41) is 19.7. The quantitative estimate of drug-likeness (QED) is 0.204. The molecule has 0 saturated carbocycles. The van der Waals surface area contributed by atoms with E-state index >= 15 is 0 Å². The minimum absolute atomic E-state index is 0.0320. The Hall–Kier alpha value is -1.95. The van der Waals surface area contributed by atoms with Crippen LogP contribution < -0.4 is 0 Å². The smallest absolute Gasteiger partial charge is 0.326 e. The summed E-state index contributed by atoms with van der Waals surface area (Å²) >= 11 is 30.8. The van der Waals surface area contributed by atoms with Crippen LogP contribution in [-0.4, -0.2) is 22.2 Å². The molecule has 31 heavy (non-hydrogen) atoms. The minimum Gasteiger partial charge on any atom is -0.480 e. The predicted octanol–water partition coefficient (Wildman–Crippen LogP) is 7.27. The van der Waals surface area contributed by atoms with Crippen LogP contribution in [0.3, 0.4) is 0 Å². The van der Waals surface area contributed by atoms with Gasteiger partial charge in [-0.1, -0.05) is 113 Å². The molecule has 0 spiro atoms. The van der Waals surface area contributed by atoms with Gasteiger partial charge in [-0.2, -0.15) is 0 Å². The standard InChI is InChI=1S/C22H13Cl5O4/c23-15-13(16(24)18(26)19(27)17(15)25)10-22(20(28)29,21(30)31)14-9-5-4-8-12(14)11-6-2-1-3-7-11/h1-9H,10H2,(H,28,29)(H,30,31). The molecule has 0 bridgehead atoms. The molecule has 3 rings (SSSR count). The third-order valence-electron chi connectivity index (χ3n) is 4.94. The van der Waals surface area contributed by atoms with Crippen LogP contribution in [0, 0.1) is 0 Å². The summed E-state index contributed by atoms with van der Waals surface area (Å²) in [5.41, 5.74) is -1.34. The van der Waals surface area contributed by atoms with E-state index in [1.54, 1.807) is 48.5 Å². The van der Waals surface area contributed by atoms with Gasteiger partial charge in [-0.3, -0.25) is 9.59 Å². The second-order valence-corrected chi connectivity index (χ2v) is 8.54. The van der Waals surface area contributed by atoms with E-state index in [0.717, 1.165) is 0 Å². The van der Waals surface area contributed by atoms with Gasteiger partial charge in [-0.15, -0.1) is 0 Å². The number of halogens is 5. The molecule has 3 aromatic rings. The summed E-state index contributed by atoms with van der Waals surface area (Å²) in [6.07, 6.45) is -0.615. The molecule has 0 aromatic heterocycles. The monoisotopic (exact) mass is 516 g/mol. The Morgan fingerprint density at radius 2 is 1.13 bits per heavy atom. The van der Waals surface area contributed by atoms with E-state index in [9.17, 15) is 19.8 Å². The van der Waals surface area contributed by atoms with Crippen molar-refractivity contribution in [2.75, 3.05) is 0 Å². The van der Waals surface area contributed by atoms with Crippen molar-refractivity contribution in [3.63, 3.8) is 0 Å². The highest BCUT2D eigenvalue weighted by Gasteiger charge is 2.50. The Morgan fingerprint density at radius 3 is 1.65 bits per heavy atom. The molecule has 0 saturated heterocycles. The molecule has 0 aliphatic heterocycles. The Bertz CT molecular complexity index is 1140. The number of carbonyl (C=O) groups is 2. The van der Waals surface area contributed by atoms with Gasteiger partial charge in [0.25, 0.3) is 0 Å². The summed E-state index contributed by atoms with van der Waals surface area (Å²) < 4.78 is 0. The van der Waals surface area contributed by atoms with E-state index < -0.39 is 23.8 Å². The van der Waals surface area contributed by atoms with Gasteiger partial charge in [0, 0.05) is 6.42 Å². The van der Waals surface area contributed by atoms with Gasteiger partial charge in [-0.25, -0.2) is 0 Å².